The van der Waals surface area contributed by atoms with Crippen molar-refractivity contribution in [3.05, 3.63) is 59.7 Å². The third kappa shape index (κ3) is 4.68. The number of carbonyl (C=O) groups excluding carboxylic acids is 4. The number of nitrogens with one attached hydrogen (secondary N) is 2. The Bertz CT molecular complexity index is 937. The summed E-state index contributed by atoms with van der Waals surface area (Å²) in [7, 11) is 0. The lowest BCUT2D eigenvalue weighted by atomic mass is 10.1. The average Bonchev–Trinajstić information content (AvgIpc) is 3.06. The van der Waals surface area contributed by atoms with Crippen LogP contribution < -0.4 is 15.5 Å². The number of nitrogens with zero attached hydrogens (tertiary/aromatic N) is 1. The SMILES string of the molecule is CCC(=O)Nc1ccc(C(C)NC(=O)c2cccc(N3C(=O)CCC3=O)c2)cc1. The lowest BCUT2D eigenvalue weighted by molar-refractivity contribution is -0.121. The van der Waals surface area contributed by atoms with E-state index >= 15 is 0 Å². The number of hydrogen-bond donors (Lipinski definition) is 2. The van der Waals surface area contributed by atoms with Crippen LogP contribution in [0.1, 0.15) is 55.1 Å². The zero-order valence-electron chi connectivity index (χ0n) is 16.4. The Labute approximate surface area is 169 Å². The Morgan fingerprint density at radius 1 is 1.03 bits per heavy atom. The average molecular weight is 393 g/mol. The minimum Gasteiger partial charge on any atom is -0.346 e. The van der Waals surface area contributed by atoms with Crippen molar-refractivity contribution in [2.75, 3.05) is 10.2 Å². The van der Waals surface area contributed by atoms with Crippen LogP contribution in [0, 0.1) is 0 Å². The first kappa shape index (κ1) is 20.3. The smallest absolute Gasteiger partial charge is 0.251 e. The normalized spacial score (nSPS) is 14.6. The summed E-state index contributed by atoms with van der Waals surface area (Å²) >= 11 is 0. The van der Waals surface area contributed by atoms with E-state index in [1.165, 1.54) is 0 Å². The van der Waals surface area contributed by atoms with Crippen molar-refractivity contribution in [2.24, 2.45) is 0 Å². The molecule has 1 fully saturated rings. The van der Waals surface area contributed by atoms with E-state index in [4.69, 9.17) is 0 Å². The van der Waals surface area contributed by atoms with Gasteiger partial charge >= 0.3 is 0 Å². The molecule has 0 aliphatic carbocycles. The fourth-order valence-electron chi connectivity index (χ4n) is 3.12. The highest BCUT2D eigenvalue weighted by atomic mass is 16.2. The van der Waals surface area contributed by atoms with Gasteiger partial charge in [-0.05, 0) is 42.8 Å². The van der Waals surface area contributed by atoms with E-state index < -0.39 is 0 Å². The van der Waals surface area contributed by atoms with Crippen LogP contribution in [0.15, 0.2) is 48.5 Å². The van der Waals surface area contributed by atoms with Crippen molar-refractivity contribution in [3.63, 3.8) is 0 Å². The summed E-state index contributed by atoms with van der Waals surface area (Å²) in [5.74, 6) is -0.872. The van der Waals surface area contributed by atoms with Crippen LogP contribution in [0.3, 0.4) is 0 Å². The third-order valence-corrected chi connectivity index (χ3v) is 4.78. The van der Waals surface area contributed by atoms with Crippen LogP contribution in [0.4, 0.5) is 11.4 Å². The van der Waals surface area contributed by atoms with Gasteiger partial charge in [0.1, 0.15) is 0 Å². The van der Waals surface area contributed by atoms with Crippen molar-refractivity contribution in [1.29, 1.82) is 0 Å². The summed E-state index contributed by atoms with van der Waals surface area (Å²) < 4.78 is 0. The van der Waals surface area contributed by atoms with E-state index in [1.54, 1.807) is 43.3 Å². The number of rotatable bonds is 6. The Morgan fingerprint density at radius 3 is 2.31 bits per heavy atom. The van der Waals surface area contributed by atoms with Gasteiger partial charge in [-0.1, -0.05) is 25.1 Å². The largest absolute Gasteiger partial charge is 0.346 e. The molecule has 1 aliphatic heterocycles. The molecule has 0 aromatic heterocycles. The molecule has 150 valence electrons. The topological polar surface area (TPSA) is 95.6 Å². The molecule has 2 aromatic rings. The van der Waals surface area contributed by atoms with E-state index in [0.717, 1.165) is 10.5 Å². The lowest BCUT2D eigenvalue weighted by Crippen LogP contribution is -2.30. The molecule has 1 heterocycles. The fourth-order valence-corrected chi connectivity index (χ4v) is 3.12. The Hall–Kier alpha value is -3.48. The third-order valence-electron chi connectivity index (χ3n) is 4.78. The molecule has 0 radical (unpaired) electrons. The summed E-state index contributed by atoms with van der Waals surface area (Å²) in [6.07, 6.45) is 0.796. The quantitative estimate of drug-likeness (QED) is 0.737. The first-order valence-corrected chi connectivity index (χ1v) is 9.55. The molecule has 2 aromatic carbocycles. The van der Waals surface area contributed by atoms with Crippen LogP contribution in [-0.2, 0) is 14.4 Å². The van der Waals surface area contributed by atoms with Crippen molar-refractivity contribution < 1.29 is 19.2 Å². The lowest BCUT2D eigenvalue weighted by Gasteiger charge is -2.17. The molecule has 0 spiro atoms. The molecule has 1 aliphatic rings. The second-order valence-electron chi connectivity index (χ2n) is 6.89. The molecule has 0 bridgehead atoms. The zero-order chi connectivity index (χ0) is 21.0. The van der Waals surface area contributed by atoms with Crippen LogP contribution in [-0.4, -0.2) is 23.6 Å². The molecular formula is C22H23N3O4. The maximum absolute atomic E-state index is 12.7. The minimum atomic E-state index is -0.304. The Morgan fingerprint density at radius 2 is 1.69 bits per heavy atom. The van der Waals surface area contributed by atoms with Crippen LogP contribution in [0.25, 0.3) is 0 Å². The minimum absolute atomic E-state index is 0.0612. The number of amides is 4. The van der Waals surface area contributed by atoms with Crippen LogP contribution in [0.5, 0.6) is 0 Å². The molecule has 1 unspecified atom stereocenters. The molecule has 3 rings (SSSR count). The number of hydrogen-bond acceptors (Lipinski definition) is 4. The molecule has 29 heavy (non-hydrogen) atoms. The molecule has 4 amide bonds. The number of imide groups is 1. The van der Waals surface area contributed by atoms with E-state index in [0.29, 0.717) is 23.4 Å². The van der Waals surface area contributed by atoms with Crippen LogP contribution >= 0.6 is 0 Å². The number of anilines is 2. The summed E-state index contributed by atoms with van der Waals surface area (Å²) in [4.78, 5) is 49.1. The zero-order valence-corrected chi connectivity index (χ0v) is 16.4. The molecule has 1 atom stereocenters. The predicted octanol–water partition coefficient (Wildman–Crippen LogP) is 3.18. The number of carbonyl (C=O) groups is 4. The fraction of sp³-hybridized carbons (Fsp3) is 0.273. The second-order valence-corrected chi connectivity index (χ2v) is 6.89. The van der Waals surface area contributed by atoms with Crippen LogP contribution in [0.2, 0.25) is 0 Å². The first-order chi connectivity index (χ1) is 13.9. The summed E-state index contributed by atoms with van der Waals surface area (Å²) in [6, 6.07) is 13.5. The van der Waals surface area contributed by atoms with Gasteiger partial charge in [0.15, 0.2) is 0 Å². The maximum Gasteiger partial charge on any atom is 0.251 e. The summed E-state index contributed by atoms with van der Waals surface area (Å²) in [5.41, 5.74) is 2.36. The Kier molecular flexibility index (Phi) is 6.07. The second kappa shape index (κ2) is 8.68. The van der Waals surface area contributed by atoms with Crippen molar-refractivity contribution in [1.82, 2.24) is 5.32 Å². The van der Waals surface area contributed by atoms with Gasteiger partial charge in [0.25, 0.3) is 5.91 Å². The van der Waals surface area contributed by atoms with Crippen molar-refractivity contribution in [2.45, 2.75) is 39.2 Å². The molecule has 1 saturated heterocycles. The van der Waals surface area contributed by atoms with Gasteiger partial charge in [-0.3, -0.25) is 24.1 Å². The molecule has 2 N–H and O–H groups in total. The van der Waals surface area contributed by atoms with Gasteiger partial charge in [0, 0.05) is 30.5 Å². The van der Waals surface area contributed by atoms with Crippen molar-refractivity contribution in [3.8, 4) is 0 Å². The van der Waals surface area contributed by atoms with E-state index in [2.05, 4.69) is 10.6 Å². The maximum atomic E-state index is 12.7. The molecule has 0 saturated carbocycles. The van der Waals surface area contributed by atoms with Gasteiger partial charge < -0.3 is 10.6 Å². The van der Waals surface area contributed by atoms with Gasteiger partial charge in [-0.2, -0.15) is 0 Å². The first-order valence-electron chi connectivity index (χ1n) is 9.55. The van der Waals surface area contributed by atoms with Crippen molar-refractivity contribution >= 4 is 35.0 Å². The van der Waals surface area contributed by atoms with E-state index in [-0.39, 0.29) is 42.5 Å². The summed E-state index contributed by atoms with van der Waals surface area (Å²) in [5, 5.41) is 5.69. The van der Waals surface area contributed by atoms with E-state index in [9.17, 15) is 19.2 Å². The molecular weight excluding hydrogens is 370 g/mol. The Balaban J connectivity index is 1.68. The predicted molar refractivity (Wildman–Crippen MR) is 109 cm³/mol. The monoisotopic (exact) mass is 393 g/mol. The summed E-state index contributed by atoms with van der Waals surface area (Å²) in [6.45, 7) is 3.64. The van der Waals surface area contributed by atoms with E-state index in [1.807, 2.05) is 19.1 Å². The molecule has 7 nitrogen and oxygen atoms in total. The van der Waals surface area contributed by atoms with Gasteiger partial charge in [0.05, 0.1) is 11.7 Å². The van der Waals surface area contributed by atoms with Gasteiger partial charge in [-0.15, -0.1) is 0 Å². The standard InChI is InChI=1S/C22H23N3O4/c1-3-19(26)24-17-9-7-15(8-10-17)14(2)23-22(29)16-5-4-6-18(13-16)25-20(27)11-12-21(25)28/h4-10,13-14H,3,11-12H2,1-2H3,(H,23,29)(H,24,26). The highest BCUT2D eigenvalue weighted by Crippen LogP contribution is 2.24. The molecule has 7 heteroatoms. The van der Waals surface area contributed by atoms with Gasteiger partial charge in [-0.25, -0.2) is 0 Å². The van der Waals surface area contributed by atoms with Gasteiger partial charge in [0.2, 0.25) is 17.7 Å². The number of benzene rings is 2. The highest BCUT2D eigenvalue weighted by molar-refractivity contribution is 6.20. The highest BCUT2D eigenvalue weighted by Gasteiger charge is 2.30.